The zero-order chi connectivity index (χ0) is 13.8. The molecule has 0 spiro atoms. The monoisotopic (exact) mass is 251 g/mol. The smallest absolute Gasteiger partial charge is 0.0885 e. The van der Waals surface area contributed by atoms with Crippen LogP contribution in [0.3, 0.4) is 0 Å². The molecule has 1 aromatic heterocycles. The number of aromatic nitrogens is 1. The Morgan fingerprint density at radius 3 is 2.53 bits per heavy atom. The number of rotatable bonds is 4. The van der Waals surface area contributed by atoms with Crippen molar-refractivity contribution in [3.63, 3.8) is 0 Å². The van der Waals surface area contributed by atoms with Gasteiger partial charge in [0.1, 0.15) is 0 Å². The lowest BCUT2D eigenvalue weighted by molar-refractivity contribution is 0.782. The van der Waals surface area contributed by atoms with E-state index in [9.17, 15) is 0 Å². The van der Waals surface area contributed by atoms with E-state index in [1.807, 2.05) is 43.3 Å². The second-order valence-electron chi connectivity index (χ2n) is 4.34. The van der Waals surface area contributed by atoms with Crippen molar-refractivity contribution >= 4 is 18.5 Å². The van der Waals surface area contributed by atoms with Crippen LogP contribution in [0.5, 0.6) is 0 Å². The van der Waals surface area contributed by atoms with Crippen LogP contribution >= 0.6 is 0 Å². The third-order valence-electron chi connectivity index (χ3n) is 2.94. The van der Waals surface area contributed by atoms with Crippen LogP contribution < -0.4 is 5.73 Å². The fourth-order valence-corrected chi connectivity index (χ4v) is 2.00. The van der Waals surface area contributed by atoms with Crippen LogP contribution in [0.2, 0.25) is 0 Å². The van der Waals surface area contributed by atoms with Gasteiger partial charge in [-0.1, -0.05) is 36.9 Å². The van der Waals surface area contributed by atoms with Gasteiger partial charge in [-0.15, -0.1) is 0 Å². The molecule has 0 radical (unpaired) electrons. The molecule has 1 unspecified atom stereocenters. The molecule has 0 fully saturated rings. The normalized spacial score (nSPS) is 11.9. The molecule has 1 atom stereocenters. The van der Waals surface area contributed by atoms with Crippen molar-refractivity contribution < 1.29 is 0 Å². The van der Waals surface area contributed by atoms with E-state index in [-0.39, 0.29) is 6.04 Å². The van der Waals surface area contributed by atoms with Crippen LogP contribution in [0.4, 0.5) is 5.69 Å². The van der Waals surface area contributed by atoms with Crippen LogP contribution in [-0.4, -0.2) is 11.7 Å². The zero-order valence-electron chi connectivity index (χ0n) is 11.0. The molecular weight excluding hydrogens is 234 g/mol. The van der Waals surface area contributed by atoms with Crippen molar-refractivity contribution in [3.05, 3.63) is 54.4 Å². The first-order valence-electron chi connectivity index (χ1n) is 6.12. The molecule has 0 bridgehead atoms. The van der Waals surface area contributed by atoms with Gasteiger partial charge in [-0.3, -0.25) is 4.99 Å². The molecule has 96 valence electrons. The lowest BCUT2D eigenvalue weighted by atomic mass is 9.99. The minimum Gasteiger partial charge on any atom is -0.323 e. The molecule has 2 aromatic rings. The fourth-order valence-electron chi connectivity index (χ4n) is 2.00. The van der Waals surface area contributed by atoms with Gasteiger partial charge in [-0.05, 0) is 31.3 Å². The molecule has 19 heavy (non-hydrogen) atoms. The van der Waals surface area contributed by atoms with Crippen molar-refractivity contribution in [1.29, 1.82) is 0 Å². The number of aliphatic imine (C=N–C) groups is 1. The summed E-state index contributed by atoms with van der Waals surface area (Å²) in [5.74, 6) is 0. The summed E-state index contributed by atoms with van der Waals surface area (Å²) in [6, 6.07) is 11.8. The first-order chi connectivity index (χ1) is 9.17. The number of nitrogens with zero attached hydrogens (tertiary/aromatic N) is 2. The molecule has 2 rings (SSSR count). The van der Waals surface area contributed by atoms with Gasteiger partial charge in [0.25, 0.3) is 0 Å². The Morgan fingerprint density at radius 2 is 2.00 bits per heavy atom. The molecule has 0 aliphatic rings. The van der Waals surface area contributed by atoms with Gasteiger partial charge in [0.05, 0.1) is 17.1 Å². The summed E-state index contributed by atoms with van der Waals surface area (Å²) in [7, 11) is 0. The highest BCUT2D eigenvalue weighted by Gasteiger charge is 2.14. The number of hydrogen-bond acceptors (Lipinski definition) is 3. The van der Waals surface area contributed by atoms with Gasteiger partial charge in [0, 0.05) is 11.6 Å². The molecule has 0 amide bonds. The largest absolute Gasteiger partial charge is 0.323 e. The topological polar surface area (TPSA) is 51.3 Å². The van der Waals surface area contributed by atoms with Gasteiger partial charge in [-0.2, -0.15) is 0 Å². The zero-order valence-corrected chi connectivity index (χ0v) is 11.0. The van der Waals surface area contributed by atoms with E-state index in [0.29, 0.717) is 5.69 Å². The fraction of sp³-hybridized carbons (Fsp3) is 0.125. The van der Waals surface area contributed by atoms with Gasteiger partial charge in [0.15, 0.2) is 0 Å². The van der Waals surface area contributed by atoms with Crippen LogP contribution in [0.15, 0.2) is 48.0 Å². The van der Waals surface area contributed by atoms with E-state index in [1.54, 1.807) is 6.08 Å². The summed E-state index contributed by atoms with van der Waals surface area (Å²) in [6.45, 7) is 9.25. The van der Waals surface area contributed by atoms with E-state index in [0.717, 1.165) is 22.5 Å². The average molecular weight is 251 g/mol. The molecular formula is C16H17N3. The summed E-state index contributed by atoms with van der Waals surface area (Å²) in [6.07, 6.45) is 1.67. The maximum Gasteiger partial charge on any atom is 0.0885 e. The highest BCUT2D eigenvalue weighted by Crippen LogP contribution is 2.31. The van der Waals surface area contributed by atoms with Gasteiger partial charge < -0.3 is 5.73 Å². The maximum absolute atomic E-state index is 6.02. The molecule has 0 saturated heterocycles. The Balaban J connectivity index is 2.71. The predicted octanol–water partition coefficient (Wildman–Crippen LogP) is 3.74. The molecule has 3 heteroatoms. The maximum atomic E-state index is 6.02. The van der Waals surface area contributed by atoms with Crippen molar-refractivity contribution in [2.45, 2.75) is 13.0 Å². The first-order valence-corrected chi connectivity index (χ1v) is 6.12. The van der Waals surface area contributed by atoms with E-state index in [2.05, 4.69) is 23.3 Å². The third-order valence-corrected chi connectivity index (χ3v) is 2.94. The Bertz CT molecular complexity index is 601. The summed E-state index contributed by atoms with van der Waals surface area (Å²) < 4.78 is 0. The van der Waals surface area contributed by atoms with Crippen molar-refractivity contribution in [3.8, 4) is 11.1 Å². The van der Waals surface area contributed by atoms with Gasteiger partial charge in [0.2, 0.25) is 0 Å². The quantitative estimate of drug-likeness (QED) is 0.841. The highest BCUT2D eigenvalue weighted by atomic mass is 14.8. The summed E-state index contributed by atoms with van der Waals surface area (Å²) in [4.78, 5) is 8.56. The average Bonchev–Trinajstić information content (AvgIpc) is 2.46. The Hall–Kier alpha value is -2.26. The Morgan fingerprint density at radius 1 is 1.32 bits per heavy atom. The first kappa shape index (κ1) is 13.2. The minimum atomic E-state index is -0.159. The predicted molar refractivity (Wildman–Crippen MR) is 81.6 cm³/mol. The number of pyridine rings is 1. The van der Waals surface area contributed by atoms with Crippen LogP contribution in [0.1, 0.15) is 24.4 Å². The molecule has 0 aliphatic heterocycles. The molecule has 0 aliphatic carbocycles. The number of nitrogens with two attached hydrogens (primary N) is 1. The Labute approximate surface area is 113 Å². The third kappa shape index (κ3) is 2.61. The lowest BCUT2D eigenvalue weighted by Crippen LogP contribution is -2.10. The molecule has 1 aromatic carbocycles. The second kappa shape index (κ2) is 5.59. The van der Waals surface area contributed by atoms with Crippen molar-refractivity contribution in [1.82, 2.24) is 4.98 Å². The lowest BCUT2D eigenvalue weighted by Gasteiger charge is -2.14. The number of benzene rings is 1. The second-order valence-corrected chi connectivity index (χ2v) is 4.34. The SMILES string of the molecule is C=Cc1nc(C(C)N)c(-c2ccccc2)cc1N=C. The Kier molecular flexibility index (Phi) is 3.88. The molecule has 1 heterocycles. The summed E-state index contributed by atoms with van der Waals surface area (Å²) >= 11 is 0. The van der Waals surface area contributed by atoms with Crippen molar-refractivity contribution in [2.24, 2.45) is 10.7 Å². The molecule has 2 N–H and O–H groups in total. The van der Waals surface area contributed by atoms with Crippen LogP contribution in [0.25, 0.3) is 17.2 Å². The summed E-state index contributed by atoms with van der Waals surface area (Å²) in [5, 5.41) is 0. The molecule has 0 saturated carbocycles. The van der Waals surface area contributed by atoms with Gasteiger partial charge in [-0.25, -0.2) is 4.98 Å². The van der Waals surface area contributed by atoms with Crippen LogP contribution in [-0.2, 0) is 0 Å². The minimum absolute atomic E-state index is 0.159. The van der Waals surface area contributed by atoms with Gasteiger partial charge >= 0.3 is 0 Å². The van der Waals surface area contributed by atoms with E-state index in [1.165, 1.54) is 0 Å². The number of hydrogen-bond donors (Lipinski definition) is 1. The van der Waals surface area contributed by atoms with E-state index in [4.69, 9.17) is 5.73 Å². The van der Waals surface area contributed by atoms with Crippen molar-refractivity contribution in [2.75, 3.05) is 0 Å². The summed E-state index contributed by atoms with van der Waals surface area (Å²) in [5.41, 5.74) is 10.4. The van der Waals surface area contributed by atoms with E-state index < -0.39 is 0 Å². The highest BCUT2D eigenvalue weighted by molar-refractivity contribution is 5.74. The van der Waals surface area contributed by atoms with Crippen LogP contribution in [0, 0.1) is 0 Å². The van der Waals surface area contributed by atoms with E-state index >= 15 is 0 Å². The standard InChI is InChI=1S/C16H17N3/c1-4-14-15(18-3)10-13(16(19-14)11(2)17)12-8-6-5-7-9-12/h4-11H,1,3,17H2,2H3. The molecule has 3 nitrogen and oxygen atoms in total.